The Morgan fingerprint density at radius 3 is 2.33 bits per heavy atom. The van der Waals surface area contributed by atoms with E-state index in [9.17, 15) is 4.79 Å². The first-order chi connectivity index (χ1) is 11.6. The molecule has 2 N–H and O–H groups in total. The first-order valence-corrected chi connectivity index (χ1v) is 7.64. The van der Waals surface area contributed by atoms with Crippen molar-refractivity contribution in [2.45, 2.75) is 13.8 Å². The highest BCUT2D eigenvalue weighted by Gasteiger charge is 2.10. The Balaban J connectivity index is 1.65. The van der Waals surface area contributed by atoms with Gasteiger partial charge in [0.15, 0.2) is 0 Å². The SMILES string of the molecule is Cc1ccc(C=NNC(=O)c2cc(-c3ccc(C)cc3)n[nH]2)cc1. The maximum atomic E-state index is 12.1. The van der Waals surface area contributed by atoms with Crippen LogP contribution in [-0.4, -0.2) is 22.3 Å². The molecule has 0 spiro atoms. The van der Waals surface area contributed by atoms with Crippen molar-refractivity contribution >= 4 is 12.1 Å². The minimum Gasteiger partial charge on any atom is -0.272 e. The number of nitrogens with zero attached hydrogens (tertiary/aromatic N) is 2. The number of carbonyl (C=O) groups is 1. The van der Waals surface area contributed by atoms with Crippen molar-refractivity contribution < 1.29 is 4.79 Å². The van der Waals surface area contributed by atoms with Crippen molar-refractivity contribution in [3.8, 4) is 11.3 Å². The number of H-pyrrole nitrogens is 1. The highest BCUT2D eigenvalue weighted by atomic mass is 16.2. The molecular weight excluding hydrogens is 300 g/mol. The topological polar surface area (TPSA) is 70.1 Å². The number of hydrazone groups is 1. The molecule has 3 aromatic rings. The van der Waals surface area contributed by atoms with Gasteiger partial charge in [-0.1, -0.05) is 59.7 Å². The molecule has 3 rings (SSSR count). The third kappa shape index (κ3) is 3.76. The molecule has 0 fully saturated rings. The molecule has 0 aliphatic carbocycles. The van der Waals surface area contributed by atoms with E-state index in [2.05, 4.69) is 20.7 Å². The normalized spacial score (nSPS) is 10.9. The number of rotatable bonds is 4. The second kappa shape index (κ2) is 6.91. The minimum absolute atomic E-state index is 0.329. The molecule has 0 saturated carbocycles. The number of aromatic nitrogens is 2. The van der Waals surface area contributed by atoms with Gasteiger partial charge in [-0.2, -0.15) is 10.2 Å². The Morgan fingerprint density at radius 2 is 1.67 bits per heavy atom. The van der Waals surface area contributed by atoms with Crippen LogP contribution in [-0.2, 0) is 0 Å². The first kappa shape index (κ1) is 15.7. The number of hydrogen-bond acceptors (Lipinski definition) is 3. The van der Waals surface area contributed by atoms with Crippen molar-refractivity contribution in [3.63, 3.8) is 0 Å². The van der Waals surface area contributed by atoms with Gasteiger partial charge in [-0.15, -0.1) is 0 Å². The van der Waals surface area contributed by atoms with Crippen LogP contribution >= 0.6 is 0 Å². The number of nitrogens with one attached hydrogen (secondary N) is 2. The number of benzene rings is 2. The van der Waals surface area contributed by atoms with Gasteiger partial charge < -0.3 is 0 Å². The Bertz CT molecular complexity index is 861. The molecule has 1 amide bonds. The smallest absolute Gasteiger partial charge is 0.272 e. The molecule has 1 aromatic heterocycles. The Labute approximate surface area is 140 Å². The van der Waals surface area contributed by atoms with E-state index >= 15 is 0 Å². The van der Waals surface area contributed by atoms with E-state index < -0.39 is 0 Å². The molecule has 0 atom stereocenters. The average molecular weight is 318 g/mol. The molecule has 24 heavy (non-hydrogen) atoms. The van der Waals surface area contributed by atoms with Crippen LogP contribution in [0.15, 0.2) is 59.7 Å². The summed E-state index contributed by atoms with van der Waals surface area (Å²) in [5.41, 5.74) is 7.82. The van der Waals surface area contributed by atoms with Gasteiger partial charge in [0.25, 0.3) is 5.91 Å². The molecule has 0 aliphatic heterocycles. The number of carbonyl (C=O) groups excluding carboxylic acids is 1. The maximum absolute atomic E-state index is 12.1. The molecule has 0 unspecified atom stereocenters. The Morgan fingerprint density at radius 1 is 1.04 bits per heavy atom. The molecule has 0 radical (unpaired) electrons. The summed E-state index contributed by atoms with van der Waals surface area (Å²) in [5, 5.41) is 10.9. The van der Waals surface area contributed by atoms with Gasteiger partial charge in [0.1, 0.15) is 5.69 Å². The van der Waals surface area contributed by atoms with E-state index in [-0.39, 0.29) is 5.91 Å². The van der Waals surface area contributed by atoms with Crippen molar-refractivity contribution in [2.24, 2.45) is 5.10 Å². The standard InChI is InChI=1S/C19H18N4O/c1-13-3-7-15(8-4-13)12-20-23-19(24)18-11-17(21-22-18)16-9-5-14(2)6-10-16/h3-12H,1-2H3,(H,21,22)(H,23,24). The summed E-state index contributed by atoms with van der Waals surface area (Å²) in [4.78, 5) is 12.1. The van der Waals surface area contributed by atoms with E-state index in [4.69, 9.17) is 0 Å². The monoisotopic (exact) mass is 318 g/mol. The molecule has 0 saturated heterocycles. The van der Waals surface area contributed by atoms with Crippen LogP contribution in [0.1, 0.15) is 27.2 Å². The molecule has 5 heteroatoms. The number of hydrogen-bond donors (Lipinski definition) is 2. The predicted octanol–water partition coefficient (Wildman–Crippen LogP) is 3.46. The van der Waals surface area contributed by atoms with Crippen LogP contribution in [0.3, 0.4) is 0 Å². The van der Waals surface area contributed by atoms with E-state index in [1.807, 2.05) is 62.4 Å². The van der Waals surface area contributed by atoms with Gasteiger partial charge in [0, 0.05) is 5.56 Å². The third-order valence-electron chi connectivity index (χ3n) is 3.63. The van der Waals surface area contributed by atoms with Gasteiger partial charge in [-0.05, 0) is 25.5 Å². The summed E-state index contributed by atoms with van der Waals surface area (Å²) in [5.74, 6) is -0.329. The van der Waals surface area contributed by atoms with Gasteiger partial charge in [0.2, 0.25) is 0 Å². The summed E-state index contributed by atoms with van der Waals surface area (Å²) >= 11 is 0. The number of aryl methyl sites for hydroxylation is 2. The fourth-order valence-electron chi connectivity index (χ4n) is 2.19. The van der Waals surface area contributed by atoms with Gasteiger partial charge in [0.05, 0.1) is 11.9 Å². The third-order valence-corrected chi connectivity index (χ3v) is 3.63. The fraction of sp³-hybridized carbons (Fsp3) is 0.105. The molecular formula is C19H18N4O. The predicted molar refractivity (Wildman–Crippen MR) is 95.0 cm³/mol. The van der Waals surface area contributed by atoms with Crippen LogP contribution in [0.4, 0.5) is 0 Å². The lowest BCUT2D eigenvalue weighted by atomic mass is 10.1. The van der Waals surface area contributed by atoms with Crippen LogP contribution in [0.2, 0.25) is 0 Å². The van der Waals surface area contributed by atoms with E-state index in [1.54, 1.807) is 12.3 Å². The quantitative estimate of drug-likeness (QED) is 0.571. The number of aromatic amines is 1. The van der Waals surface area contributed by atoms with Crippen molar-refractivity contribution in [1.29, 1.82) is 0 Å². The molecule has 0 aliphatic rings. The molecule has 5 nitrogen and oxygen atoms in total. The summed E-state index contributed by atoms with van der Waals surface area (Å²) in [6.45, 7) is 4.05. The Hall–Kier alpha value is -3.21. The molecule has 120 valence electrons. The molecule has 2 aromatic carbocycles. The second-order valence-electron chi connectivity index (χ2n) is 5.64. The van der Waals surface area contributed by atoms with Crippen LogP contribution in [0.25, 0.3) is 11.3 Å². The summed E-state index contributed by atoms with van der Waals surface area (Å²) in [6, 6.07) is 17.5. The Kier molecular flexibility index (Phi) is 4.52. The average Bonchev–Trinajstić information content (AvgIpc) is 3.07. The zero-order valence-corrected chi connectivity index (χ0v) is 13.6. The maximum Gasteiger partial charge on any atom is 0.289 e. The highest BCUT2D eigenvalue weighted by Crippen LogP contribution is 2.18. The molecule has 1 heterocycles. The molecule has 0 bridgehead atoms. The lowest BCUT2D eigenvalue weighted by molar-refractivity contribution is 0.0950. The van der Waals surface area contributed by atoms with Gasteiger partial charge >= 0.3 is 0 Å². The van der Waals surface area contributed by atoms with Crippen molar-refractivity contribution in [3.05, 3.63) is 77.0 Å². The number of amides is 1. The van der Waals surface area contributed by atoms with Crippen LogP contribution in [0, 0.1) is 13.8 Å². The van der Waals surface area contributed by atoms with E-state index in [0.717, 1.165) is 16.8 Å². The van der Waals surface area contributed by atoms with Crippen molar-refractivity contribution in [1.82, 2.24) is 15.6 Å². The summed E-state index contributed by atoms with van der Waals surface area (Å²) in [7, 11) is 0. The zero-order chi connectivity index (χ0) is 16.9. The minimum atomic E-state index is -0.329. The largest absolute Gasteiger partial charge is 0.289 e. The van der Waals surface area contributed by atoms with Crippen LogP contribution in [0.5, 0.6) is 0 Å². The van der Waals surface area contributed by atoms with Gasteiger partial charge in [-0.25, -0.2) is 5.43 Å². The zero-order valence-electron chi connectivity index (χ0n) is 13.6. The lowest BCUT2D eigenvalue weighted by Crippen LogP contribution is -2.17. The highest BCUT2D eigenvalue weighted by molar-refractivity contribution is 5.94. The van der Waals surface area contributed by atoms with Gasteiger partial charge in [-0.3, -0.25) is 9.89 Å². The summed E-state index contributed by atoms with van der Waals surface area (Å²) < 4.78 is 0. The van der Waals surface area contributed by atoms with E-state index in [0.29, 0.717) is 5.69 Å². The summed E-state index contributed by atoms with van der Waals surface area (Å²) in [6.07, 6.45) is 1.61. The van der Waals surface area contributed by atoms with E-state index in [1.165, 1.54) is 11.1 Å². The second-order valence-corrected chi connectivity index (χ2v) is 5.64. The first-order valence-electron chi connectivity index (χ1n) is 7.64. The lowest BCUT2D eigenvalue weighted by Gasteiger charge is -1.97. The van der Waals surface area contributed by atoms with Crippen LogP contribution < -0.4 is 5.43 Å². The fourth-order valence-corrected chi connectivity index (χ4v) is 2.19. The van der Waals surface area contributed by atoms with Crippen molar-refractivity contribution in [2.75, 3.05) is 0 Å².